The molecular weight excluding hydrogens is 286 g/mol. The van der Waals surface area contributed by atoms with Gasteiger partial charge in [-0.05, 0) is 31.7 Å². The molecule has 0 saturated heterocycles. The van der Waals surface area contributed by atoms with Crippen molar-refractivity contribution in [3.8, 4) is 0 Å². The van der Waals surface area contributed by atoms with E-state index in [9.17, 15) is 4.79 Å². The number of carbonyl (C=O) groups excluding carboxylic acids is 1. The molecule has 0 bridgehead atoms. The molecule has 0 aliphatic carbocycles. The van der Waals surface area contributed by atoms with Crippen molar-refractivity contribution in [3.05, 3.63) is 42.0 Å². The van der Waals surface area contributed by atoms with Crippen molar-refractivity contribution >= 4 is 22.4 Å². The lowest BCUT2D eigenvalue weighted by molar-refractivity contribution is -0.162. The molecule has 0 N–H and O–H groups in total. The van der Waals surface area contributed by atoms with Crippen LogP contribution in [-0.2, 0) is 15.1 Å². The van der Waals surface area contributed by atoms with Gasteiger partial charge in [0.25, 0.3) is 0 Å². The molecule has 1 atom stereocenters. The third kappa shape index (κ3) is 3.49. The lowest BCUT2D eigenvalue weighted by Gasteiger charge is -2.29. The van der Waals surface area contributed by atoms with Gasteiger partial charge in [0.1, 0.15) is 5.60 Å². The Balaban J connectivity index is 2.51. The van der Waals surface area contributed by atoms with E-state index < -0.39 is 5.60 Å². The summed E-state index contributed by atoms with van der Waals surface area (Å²) in [5.74, 6) is -0.222. The van der Waals surface area contributed by atoms with Crippen molar-refractivity contribution in [2.24, 2.45) is 5.92 Å². The second-order valence-electron chi connectivity index (χ2n) is 6.81. The van der Waals surface area contributed by atoms with Crippen LogP contribution in [0, 0.1) is 5.92 Å². The van der Waals surface area contributed by atoms with Gasteiger partial charge in [0.05, 0.1) is 5.92 Å². The van der Waals surface area contributed by atoms with Gasteiger partial charge in [-0.25, -0.2) is 0 Å². The molecule has 0 aliphatic rings. The number of hydrogen-bond acceptors (Lipinski definition) is 3. The van der Waals surface area contributed by atoms with E-state index in [1.54, 1.807) is 0 Å². The highest BCUT2D eigenvalue weighted by Gasteiger charge is 2.29. The lowest BCUT2D eigenvalue weighted by atomic mass is 9.91. The molecule has 3 nitrogen and oxygen atoms in total. The van der Waals surface area contributed by atoms with Crippen LogP contribution in [0.2, 0.25) is 0 Å². The molecule has 0 amide bonds. The summed E-state index contributed by atoms with van der Waals surface area (Å²) in [6.07, 6.45) is 0.787. The molecule has 1 unspecified atom stereocenters. The highest BCUT2D eigenvalue weighted by Crippen LogP contribution is 2.36. The highest BCUT2D eigenvalue weighted by molar-refractivity contribution is 5.97. The van der Waals surface area contributed by atoms with E-state index in [1.807, 2.05) is 53.9 Å². The standard InChI is InChI=1S/C20H27NO2/c1-7-14(2)19(22)23-20(3,4)17-12-13-18(21(5)6)16-11-9-8-10-15(16)17/h8-14H,7H2,1-6H3. The zero-order chi connectivity index (χ0) is 17.2. The van der Waals surface area contributed by atoms with Gasteiger partial charge in [0, 0.05) is 30.7 Å². The van der Waals surface area contributed by atoms with Crippen molar-refractivity contribution in [1.82, 2.24) is 0 Å². The molecule has 0 fully saturated rings. The number of esters is 1. The summed E-state index contributed by atoms with van der Waals surface area (Å²) in [5.41, 5.74) is 1.54. The van der Waals surface area contributed by atoms with Crippen molar-refractivity contribution < 1.29 is 9.53 Å². The van der Waals surface area contributed by atoms with Gasteiger partial charge in [0.2, 0.25) is 0 Å². The van der Waals surface area contributed by atoms with Crippen molar-refractivity contribution in [3.63, 3.8) is 0 Å². The van der Waals surface area contributed by atoms with E-state index in [-0.39, 0.29) is 11.9 Å². The van der Waals surface area contributed by atoms with E-state index >= 15 is 0 Å². The third-order valence-electron chi connectivity index (χ3n) is 4.40. The largest absolute Gasteiger partial charge is 0.455 e. The maximum absolute atomic E-state index is 12.2. The summed E-state index contributed by atoms with van der Waals surface area (Å²) in [4.78, 5) is 14.3. The fraction of sp³-hybridized carbons (Fsp3) is 0.450. The van der Waals surface area contributed by atoms with E-state index in [1.165, 1.54) is 5.39 Å². The number of nitrogens with zero attached hydrogens (tertiary/aromatic N) is 1. The Hall–Kier alpha value is -2.03. The van der Waals surface area contributed by atoms with Gasteiger partial charge in [-0.2, -0.15) is 0 Å². The summed E-state index contributed by atoms with van der Waals surface area (Å²) in [5, 5.41) is 2.29. The molecule has 0 aromatic heterocycles. The summed E-state index contributed by atoms with van der Waals surface area (Å²) >= 11 is 0. The van der Waals surface area contributed by atoms with Crippen LogP contribution in [0.15, 0.2) is 36.4 Å². The predicted molar refractivity (Wildman–Crippen MR) is 96.8 cm³/mol. The zero-order valence-electron chi connectivity index (χ0n) is 15.0. The first kappa shape index (κ1) is 17.3. The molecule has 0 spiro atoms. The van der Waals surface area contributed by atoms with Crippen LogP contribution in [0.5, 0.6) is 0 Å². The van der Waals surface area contributed by atoms with Crippen LogP contribution in [0.25, 0.3) is 10.8 Å². The topological polar surface area (TPSA) is 29.5 Å². The van der Waals surface area contributed by atoms with Crippen LogP contribution < -0.4 is 4.90 Å². The molecule has 2 rings (SSSR count). The number of carbonyl (C=O) groups is 1. The van der Waals surface area contributed by atoms with E-state index in [2.05, 4.69) is 29.2 Å². The Kier molecular flexibility index (Phi) is 4.98. The Labute approximate surface area is 139 Å². The van der Waals surface area contributed by atoms with E-state index in [4.69, 9.17) is 4.74 Å². The fourth-order valence-corrected chi connectivity index (χ4v) is 2.77. The molecule has 23 heavy (non-hydrogen) atoms. The minimum Gasteiger partial charge on any atom is -0.455 e. The molecule has 124 valence electrons. The number of hydrogen-bond donors (Lipinski definition) is 0. The average molecular weight is 313 g/mol. The predicted octanol–water partition coefficient (Wildman–Crippen LogP) is 4.73. The second-order valence-corrected chi connectivity index (χ2v) is 6.81. The first-order chi connectivity index (χ1) is 10.8. The highest BCUT2D eigenvalue weighted by atomic mass is 16.6. The number of anilines is 1. The summed E-state index contributed by atoms with van der Waals surface area (Å²) < 4.78 is 5.83. The quantitative estimate of drug-likeness (QED) is 0.747. The lowest BCUT2D eigenvalue weighted by Crippen LogP contribution is -2.29. The fourth-order valence-electron chi connectivity index (χ4n) is 2.77. The van der Waals surface area contributed by atoms with Gasteiger partial charge in [0.15, 0.2) is 0 Å². The van der Waals surface area contributed by atoms with Gasteiger partial charge < -0.3 is 9.64 Å². The first-order valence-corrected chi connectivity index (χ1v) is 8.20. The van der Waals surface area contributed by atoms with Gasteiger partial charge >= 0.3 is 5.97 Å². The molecule has 2 aromatic rings. The molecule has 0 heterocycles. The SMILES string of the molecule is CCC(C)C(=O)OC(C)(C)c1ccc(N(C)C)c2ccccc12. The number of rotatable bonds is 5. The Bertz CT molecular complexity index is 704. The molecule has 0 radical (unpaired) electrons. The van der Waals surface area contributed by atoms with Crippen LogP contribution in [0.3, 0.4) is 0 Å². The zero-order valence-corrected chi connectivity index (χ0v) is 15.0. The Morgan fingerprint density at radius 2 is 1.74 bits per heavy atom. The van der Waals surface area contributed by atoms with E-state index in [0.29, 0.717) is 0 Å². The summed E-state index contributed by atoms with van der Waals surface area (Å²) in [6, 6.07) is 12.4. The monoisotopic (exact) mass is 313 g/mol. The smallest absolute Gasteiger partial charge is 0.309 e. The van der Waals surface area contributed by atoms with E-state index in [0.717, 1.165) is 23.1 Å². The molecule has 0 aliphatic heterocycles. The Morgan fingerprint density at radius 3 is 2.30 bits per heavy atom. The third-order valence-corrected chi connectivity index (χ3v) is 4.40. The average Bonchev–Trinajstić information content (AvgIpc) is 2.52. The number of benzene rings is 2. The second kappa shape index (κ2) is 6.61. The Morgan fingerprint density at radius 1 is 1.13 bits per heavy atom. The van der Waals surface area contributed by atoms with Crippen LogP contribution in [0.1, 0.15) is 39.7 Å². The van der Waals surface area contributed by atoms with Gasteiger partial charge in [-0.1, -0.05) is 44.2 Å². The minimum absolute atomic E-state index is 0.0819. The molecule has 0 saturated carbocycles. The van der Waals surface area contributed by atoms with Crippen molar-refractivity contribution in [2.45, 2.75) is 39.7 Å². The maximum Gasteiger partial charge on any atom is 0.309 e. The number of fused-ring (bicyclic) bond motifs is 1. The van der Waals surface area contributed by atoms with Gasteiger partial charge in [-0.3, -0.25) is 4.79 Å². The molecule has 3 heteroatoms. The van der Waals surface area contributed by atoms with Crippen molar-refractivity contribution in [2.75, 3.05) is 19.0 Å². The van der Waals surface area contributed by atoms with Gasteiger partial charge in [-0.15, -0.1) is 0 Å². The maximum atomic E-state index is 12.2. The van der Waals surface area contributed by atoms with Crippen LogP contribution in [0.4, 0.5) is 5.69 Å². The summed E-state index contributed by atoms with van der Waals surface area (Å²) in [6.45, 7) is 7.83. The van der Waals surface area contributed by atoms with Crippen LogP contribution >= 0.6 is 0 Å². The minimum atomic E-state index is -0.662. The molecule has 2 aromatic carbocycles. The summed E-state index contributed by atoms with van der Waals surface area (Å²) in [7, 11) is 4.07. The van der Waals surface area contributed by atoms with Crippen molar-refractivity contribution in [1.29, 1.82) is 0 Å². The number of ether oxygens (including phenoxy) is 1. The molecular formula is C20H27NO2. The van der Waals surface area contributed by atoms with Crippen LogP contribution in [-0.4, -0.2) is 20.1 Å². The normalized spacial score (nSPS) is 13.0. The first-order valence-electron chi connectivity index (χ1n) is 8.20.